The molecule has 0 heterocycles. The number of rotatable bonds is 6. The molecule has 3 N–H and O–H groups in total. The van der Waals surface area contributed by atoms with E-state index in [0.29, 0.717) is 12.2 Å². The first-order valence-electron chi connectivity index (χ1n) is 5.29. The predicted molar refractivity (Wildman–Crippen MR) is 60.9 cm³/mol. The molecule has 0 saturated heterocycles. The van der Waals surface area contributed by atoms with E-state index in [1.54, 1.807) is 12.1 Å². The minimum atomic E-state index is -0.933. The Hall–Kier alpha value is -1.46. The van der Waals surface area contributed by atoms with E-state index < -0.39 is 17.8 Å². The van der Waals surface area contributed by atoms with E-state index in [1.807, 2.05) is 0 Å². The summed E-state index contributed by atoms with van der Waals surface area (Å²) in [7, 11) is 1.53. The quantitative estimate of drug-likeness (QED) is 0.797. The van der Waals surface area contributed by atoms with Crippen LogP contribution in [0, 0.1) is 5.82 Å². The Kier molecular flexibility index (Phi) is 5.06. The smallest absolute Gasteiger partial charge is 0.303 e. The van der Waals surface area contributed by atoms with E-state index in [-0.39, 0.29) is 12.8 Å². The lowest BCUT2D eigenvalue weighted by molar-refractivity contribution is -0.137. The van der Waals surface area contributed by atoms with Gasteiger partial charge in [0.05, 0.1) is 6.61 Å². The number of nitrogens with two attached hydrogens (primary N) is 1. The lowest BCUT2D eigenvalue weighted by atomic mass is 10.0. The zero-order valence-electron chi connectivity index (χ0n) is 9.65. The number of halogens is 1. The van der Waals surface area contributed by atoms with Gasteiger partial charge in [0.25, 0.3) is 0 Å². The van der Waals surface area contributed by atoms with Crippen LogP contribution >= 0.6 is 0 Å². The van der Waals surface area contributed by atoms with Crippen molar-refractivity contribution in [2.45, 2.75) is 25.5 Å². The standard InChI is InChI=1S/C12H16FNO3/c1-17-7-8-2-3-9(10(13)6-8)11(14)4-5-12(15)16/h2-3,6,11H,4-5,7,14H2,1H3,(H,15,16). The van der Waals surface area contributed by atoms with Crippen LogP contribution in [-0.4, -0.2) is 18.2 Å². The summed E-state index contributed by atoms with van der Waals surface area (Å²) in [4.78, 5) is 10.4. The maximum atomic E-state index is 13.7. The van der Waals surface area contributed by atoms with Crippen LogP contribution in [0.3, 0.4) is 0 Å². The zero-order chi connectivity index (χ0) is 12.8. The molecule has 4 nitrogen and oxygen atoms in total. The van der Waals surface area contributed by atoms with Crippen molar-refractivity contribution in [2.24, 2.45) is 5.73 Å². The molecule has 0 aliphatic carbocycles. The van der Waals surface area contributed by atoms with Gasteiger partial charge in [-0.05, 0) is 18.1 Å². The maximum Gasteiger partial charge on any atom is 0.303 e. The minimum absolute atomic E-state index is 0.0690. The molecule has 1 atom stereocenters. The zero-order valence-corrected chi connectivity index (χ0v) is 9.65. The fourth-order valence-electron chi connectivity index (χ4n) is 1.56. The number of hydrogen-bond acceptors (Lipinski definition) is 3. The molecule has 17 heavy (non-hydrogen) atoms. The first-order valence-corrected chi connectivity index (χ1v) is 5.29. The second kappa shape index (κ2) is 6.32. The van der Waals surface area contributed by atoms with Crippen LogP contribution in [0.4, 0.5) is 4.39 Å². The molecular formula is C12H16FNO3. The molecule has 94 valence electrons. The molecule has 0 aliphatic rings. The van der Waals surface area contributed by atoms with E-state index in [1.165, 1.54) is 13.2 Å². The number of benzene rings is 1. The SMILES string of the molecule is COCc1ccc(C(N)CCC(=O)O)c(F)c1. The second-order valence-corrected chi connectivity index (χ2v) is 3.83. The van der Waals surface area contributed by atoms with Gasteiger partial charge >= 0.3 is 5.97 Å². The highest BCUT2D eigenvalue weighted by Gasteiger charge is 2.13. The number of carboxylic acid groups (broad SMARTS) is 1. The molecule has 0 aliphatic heterocycles. The third kappa shape index (κ3) is 4.13. The largest absolute Gasteiger partial charge is 0.481 e. The van der Waals surface area contributed by atoms with Crippen LogP contribution < -0.4 is 5.73 Å². The fraction of sp³-hybridized carbons (Fsp3) is 0.417. The number of carboxylic acids is 1. The van der Waals surface area contributed by atoms with Gasteiger partial charge in [0, 0.05) is 25.1 Å². The monoisotopic (exact) mass is 241 g/mol. The number of hydrogen-bond donors (Lipinski definition) is 2. The molecule has 1 rings (SSSR count). The van der Waals surface area contributed by atoms with Crippen LogP contribution in [0.1, 0.15) is 30.0 Å². The van der Waals surface area contributed by atoms with E-state index in [0.717, 1.165) is 5.56 Å². The van der Waals surface area contributed by atoms with Crippen molar-refractivity contribution in [2.75, 3.05) is 7.11 Å². The molecule has 0 amide bonds. The highest BCUT2D eigenvalue weighted by atomic mass is 19.1. The maximum absolute atomic E-state index is 13.7. The van der Waals surface area contributed by atoms with Gasteiger partial charge in [-0.25, -0.2) is 4.39 Å². The molecule has 0 bridgehead atoms. The molecule has 5 heteroatoms. The molecule has 0 saturated carbocycles. The average Bonchev–Trinajstić information content (AvgIpc) is 2.26. The Bertz CT molecular complexity index is 395. The molecule has 0 fully saturated rings. The Balaban J connectivity index is 2.73. The summed E-state index contributed by atoms with van der Waals surface area (Å²) >= 11 is 0. The van der Waals surface area contributed by atoms with E-state index in [2.05, 4.69) is 0 Å². The molecule has 1 unspecified atom stereocenters. The number of carbonyl (C=O) groups is 1. The van der Waals surface area contributed by atoms with Crippen LogP contribution in [0.25, 0.3) is 0 Å². The first kappa shape index (κ1) is 13.6. The molecule has 0 aromatic heterocycles. The van der Waals surface area contributed by atoms with Crippen molar-refractivity contribution in [1.82, 2.24) is 0 Å². The fourth-order valence-corrected chi connectivity index (χ4v) is 1.56. The number of methoxy groups -OCH3 is 1. The summed E-state index contributed by atoms with van der Waals surface area (Å²) in [6, 6.07) is 4.07. The normalized spacial score (nSPS) is 12.4. The van der Waals surface area contributed by atoms with Crippen LogP contribution in [0.2, 0.25) is 0 Å². The van der Waals surface area contributed by atoms with E-state index >= 15 is 0 Å². The molecular weight excluding hydrogens is 225 g/mol. The predicted octanol–water partition coefficient (Wildman–Crippen LogP) is 1.84. The Morgan fingerprint density at radius 2 is 2.29 bits per heavy atom. The Morgan fingerprint density at radius 3 is 2.82 bits per heavy atom. The third-order valence-electron chi connectivity index (χ3n) is 2.44. The van der Waals surface area contributed by atoms with Crippen LogP contribution in [-0.2, 0) is 16.1 Å². The summed E-state index contributed by atoms with van der Waals surface area (Å²) in [5.74, 6) is -1.35. The van der Waals surface area contributed by atoms with Gasteiger partial charge < -0.3 is 15.6 Å². The molecule has 1 aromatic carbocycles. The molecule has 0 radical (unpaired) electrons. The van der Waals surface area contributed by atoms with E-state index in [4.69, 9.17) is 15.6 Å². The highest BCUT2D eigenvalue weighted by molar-refractivity contribution is 5.66. The van der Waals surface area contributed by atoms with Crippen molar-refractivity contribution >= 4 is 5.97 Å². The lowest BCUT2D eigenvalue weighted by Crippen LogP contribution is -2.14. The summed E-state index contributed by atoms with van der Waals surface area (Å²) in [5, 5.41) is 8.53. The number of aliphatic carboxylic acids is 1. The lowest BCUT2D eigenvalue weighted by Gasteiger charge is -2.12. The summed E-state index contributed by atoms with van der Waals surface area (Å²) in [6.45, 7) is 0.335. The third-order valence-corrected chi connectivity index (χ3v) is 2.44. The van der Waals surface area contributed by atoms with Crippen molar-refractivity contribution in [3.05, 3.63) is 35.1 Å². The van der Waals surface area contributed by atoms with Crippen molar-refractivity contribution in [1.29, 1.82) is 0 Å². The van der Waals surface area contributed by atoms with Gasteiger partial charge in [0.1, 0.15) is 5.82 Å². The second-order valence-electron chi connectivity index (χ2n) is 3.83. The Labute approximate surface area is 99.2 Å². The van der Waals surface area contributed by atoms with Gasteiger partial charge in [-0.1, -0.05) is 12.1 Å². The van der Waals surface area contributed by atoms with Gasteiger partial charge in [-0.3, -0.25) is 4.79 Å². The van der Waals surface area contributed by atoms with Crippen molar-refractivity contribution in [3.63, 3.8) is 0 Å². The summed E-state index contributed by atoms with van der Waals surface area (Å²) < 4.78 is 18.6. The minimum Gasteiger partial charge on any atom is -0.481 e. The Morgan fingerprint density at radius 1 is 1.59 bits per heavy atom. The molecule has 0 spiro atoms. The van der Waals surface area contributed by atoms with Crippen molar-refractivity contribution in [3.8, 4) is 0 Å². The van der Waals surface area contributed by atoms with Gasteiger partial charge in [0.2, 0.25) is 0 Å². The van der Waals surface area contributed by atoms with Gasteiger partial charge in [0.15, 0.2) is 0 Å². The molecule has 1 aromatic rings. The average molecular weight is 241 g/mol. The van der Waals surface area contributed by atoms with Crippen LogP contribution in [0.5, 0.6) is 0 Å². The van der Waals surface area contributed by atoms with Crippen molar-refractivity contribution < 1.29 is 19.0 Å². The summed E-state index contributed by atoms with van der Waals surface area (Å²) in [6.07, 6.45) is 0.149. The summed E-state index contributed by atoms with van der Waals surface area (Å²) in [5.41, 5.74) is 6.79. The topological polar surface area (TPSA) is 72.5 Å². The number of ether oxygens (including phenoxy) is 1. The van der Waals surface area contributed by atoms with E-state index in [9.17, 15) is 9.18 Å². The van der Waals surface area contributed by atoms with Crippen LogP contribution in [0.15, 0.2) is 18.2 Å². The highest BCUT2D eigenvalue weighted by Crippen LogP contribution is 2.20. The van der Waals surface area contributed by atoms with Gasteiger partial charge in [-0.2, -0.15) is 0 Å². The first-order chi connectivity index (χ1) is 8.04. The van der Waals surface area contributed by atoms with Gasteiger partial charge in [-0.15, -0.1) is 0 Å².